The number of esters is 1. The standard InChI is InChI=1S/C16H11BrFNO4S/c17-12-6-10(18)3-4-13(12)21-9-15(20)22-7-11-8-23-16(19-11)14-2-1-5-24-14/h1-6,8H,7,9H2. The van der Waals surface area contributed by atoms with E-state index in [2.05, 4.69) is 20.9 Å². The molecule has 8 heteroatoms. The van der Waals surface area contributed by atoms with Gasteiger partial charge in [0.15, 0.2) is 6.61 Å². The topological polar surface area (TPSA) is 61.6 Å². The molecule has 0 aliphatic carbocycles. The van der Waals surface area contributed by atoms with Crippen molar-refractivity contribution in [3.8, 4) is 16.5 Å². The number of rotatable bonds is 6. The number of hydrogen-bond acceptors (Lipinski definition) is 6. The number of carbonyl (C=O) groups excluding carboxylic acids is 1. The zero-order valence-electron chi connectivity index (χ0n) is 12.2. The second-order valence-electron chi connectivity index (χ2n) is 4.65. The smallest absolute Gasteiger partial charge is 0.344 e. The van der Waals surface area contributed by atoms with Crippen LogP contribution in [0.1, 0.15) is 5.69 Å². The molecule has 5 nitrogen and oxygen atoms in total. The van der Waals surface area contributed by atoms with E-state index < -0.39 is 11.8 Å². The van der Waals surface area contributed by atoms with Crippen LogP contribution >= 0.6 is 27.3 Å². The number of aromatic nitrogens is 1. The van der Waals surface area contributed by atoms with Crippen LogP contribution in [-0.4, -0.2) is 17.6 Å². The fourth-order valence-electron chi connectivity index (χ4n) is 1.81. The molecule has 0 saturated carbocycles. The van der Waals surface area contributed by atoms with Crippen LogP contribution in [0.3, 0.4) is 0 Å². The number of thiophene rings is 1. The first kappa shape index (κ1) is 16.7. The lowest BCUT2D eigenvalue weighted by atomic mass is 10.3. The molecule has 0 saturated heterocycles. The maximum Gasteiger partial charge on any atom is 0.344 e. The molecular weight excluding hydrogens is 401 g/mol. The van der Waals surface area contributed by atoms with Crippen molar-refractivity contribution in [1.82, 2.24) is 4.98 Å². The van der Waals surface area contributed by atoms with Crippen molar-refractivity contribution in [2.45, 2.75) is 6.61 Å². The maximum absolute atomic E-state index is 13.0. The van der Waals surface area contributed by atoms with Gasteiger partial charge >= 0.3 is 5.97 Å². The van der Waals surface area contributed by atoms with Crippen LogP contribution in [0.25, 0.3) is 10.8 Å². The van der Waals surface area contributed by atoms with Gasteiger partial charge in [-0.25, -0.2) is 14.2 Å². The van der Waals surface area contributed by atoms with Crippen molar-refractivity contribution < 1.29 is 23.1 Å². The van der Waals surface area contributed by atoms with Crippen molar-refractivity contribution >= 4 is 33.2 Å². The predicted octanol–water partition coefficient (Wildman–Crippen LogP) is 4.43. The molecular formula is C16H11BrFNO4S. The summed E-state index contributed by atoms with van der Waals surface area (Å²) >= 11 is 4.66. The Hall–Kier alpha value is -2.19. The first-order chi connectivity index (χ1) is 11.6. The molecule has 3 rings (SSSR count). The van der Waals surface area contributed by atoms with Gasteiger partial charge in [-0.1, -0.05) is 6.07 Å². The average Bonchev–Trinajstić information content (AvgIpc) is 3.23. The number of oxazole rings is 1. The molecule has 1 aromatic carbocycles. The van der Waals surface area contributed by atoms with E-state index in [4.69, 9.17) is 13.9 Å². The van der Waals surface area contributed by atoms with Gasteiger partial charge in [-0.3, -0.25) is 0 Å². The lowest BCUT2D eigenvalue weighted by Crippen LogP contribution is -2.15. The molecule has 0 aliphatic heterocycles. The molecule has 0 spiro atoms. The molecule has 0 radical (unpaired) electrons. The zero-order valence-corrected chi connectivity index (χ0v) is 14.6. The summed E-state index contributed by atoms with van der Waals surface area (Å²) in [7, 11) is 0. The average molecular weight is 412 g/mol. The van der Waals surface area contributed by atoms with Crippen molar-refractivity contribution in [3.05, 3.63) is 58.0 Å². The molecule has 0 atom stereocenters. The van der Waals surface area contributed by atoms with Gasteiger partial charge in [-0.15, -0.1) is 11.3 Å². The first-order valence-electron chi connectivity index (χ1n) is 6.83. The van der Waals surface area contributed by atoms with Crippen LogP contribution < -0.4 is 4.74 Å². The SMILES string of the molecule is O=C(COc1ccc(F)cc1Br)OCc1coc(-c2cccs2)n1. The van der Waals surface area contributed by atoms with Crippen LogP contribution in [0.2, 0.25) is 0 Å². The predicted molar refractivity (Wildman–Crippen MR) is 89.2 cm³/mol. The Kier molecular flexibility index (Phi) is 5.27. The fraction of sp³-hybridized carbons (Fsp3) is 0.125. The van der Waals surface area contributed by atoms with Gasteiger partial charge in [0, 0.05) is 0 Å². The highest BCUT2D eigenvalue weighted by Crippen LogP contribution is 2.25. The number of hydrogen-bond donors (Lipinski definition) is 0. The van der Waals surface area contributed by atoms with Crippen molar-refractivity contribution in [1.29, 1.82) is 0 Å². The van der Waals surface area contributed by atoms with E-state index in [1.807, 2.05) is 17.5 Å². The van der Waals surface area contributed by atoms with Gasteiger partial charge in [-0.05, 0) is 45.6 Å². The summed E-state index contributed by atoms with van der Waals surface area (Å²) in [6.45, 7) is -0.304. The quantitative estimate of drug-likeness (QED) is 0.561. The molecule has 0 amide bonds. The molecule has 124 valence electrons. The number of carbonyl (C=O) groups is 1. The maximum atomic E-state index is 13.0. The third-order valence-corrected chi connectivity index (χ3v) is 4.38. The van der Waals surface area contributed by atoms with Gasteiger partial charge in [0.1, 0.15) is 30.1 Å². The summed E-state index contributed by atoms with van der Waals surface area (Å²) < 4.78 is 29.1. The zero-order chi connectivity index (χ0) is 16.9. The van der Waals surface area contributed by atoms with Gasteiger partial charge < -0.3 is 13.9 Å². The van der Waals surface area contributed by atoms with Gasteiger partial charge in [0.05, 0.1) is 9.35 Å². The van der Waals surface area contributed by atoms with E-state index >= 15 is 0 Å². The van der Waals surface area contributed by atoms with Crippen LogP contribution in [0, 0.1) is 5.82 Å². The monoisotopic (exact) mass is 411 g/mol. The van der Waals surface area contributed by atoms with Crippen molar-refractivity contribution in [2.75, 3.05) is 6.61 Å². The Morgan fingerprint density at radius 2 is 2.25 bits per heavy atom. The summed E-state index contributed by atoms with van der Waals surface area (Å²) in [5, 5.41) is 1.92. The fourth-order valence-corrected chi connectivity index (χ4v) is 2.93. The van der Waals surface area contributed by atoms with E-state index in [9.17, 15) is 9.18 Å². The second kappa shape index (κ2) is 7.59. The minimum absolute atomic E-state index is 0.0122. The summed E-state index contributed by atoms with van der Waals surface area (Å²) in [4.78, 5) is 16.9. The number of nitrogens with zero attached hydrogens (tertiary/aromatic N) is 1. The van der Waals surface area contributed by atoms with Gasteiger partial charge in [0.2, 0.25) is 5.89 Å². The van der Waals surface area contributed by atoms with Gasteiger partial charge in [-0.2, -0.15) is 0 Å². The number of ether oxygens (including phenoxy) is 2. The summed E-state index contributed by atoms with van der Waals surface area (Å²) in [6.07, 6.45) is 1.44. The Labute approximate surface area is 149 Å². The molecule has 0 unspecified atom stereocenters. The first-order valence-corrected chi connectivity index (χ1v) is 8.51. The van der Waals surface area contributed by atoms with Crippen LogP contribution in [0.15, 0.2) is 50.9 Å². The third-order valence-electron chi connectivity index (χ3n) is 2.90. The molecule has 0 N–H and O–H groups in total. The van der Waals surface area contributed by atoms with E-state index in [0.717, 1.165) is 4.88 Å². The molecule has 24 heavy (non-hydrogen) atoms. The minimum atomic E-state index is -0.563. The Balaban J connectivity index is 1.49. The third kappa shape index (κ3) is 4.21. The lowest BCUT2D eigenvalue weighted by molar-refractivity contribution is -0.147. The Morgan fingerprint density at radius 1 is 1.38 bits per heavy atom. The summed E-state index contributed by atoms with van der Waals surface area (Å²) in [6, 6.07) is 7.71. The largest absolute Gasteiger partial charge is 0.481 e. The Bertz CT molecular complexity index is 834. The highest BCUT2D eigenvalue weighted by molar-refractivity contribution is 9.10. The van der Waals surface area contributed by atoms with Crippen LogP contribution in [-0.2, 0) is 16.1 Å². The Morgan fingerprint density at radius 3 is 3.00 bits per heavy atom. The van der Waals surface area contributed by atoms with E-state index in [1.165, 1.54) is 35.8 Å². The van der Waals surface area contributed by atoms with Crippen LogP contribution in [0.4, 0.5) is 4.39 Å². The number of benzene rings is 1. The number of halogens is 2. The molecule has 0 aliphatic rings. The van der Waals surface area contributed by atoms with Gasteiger partial charge in [0.25, 0.3) is 0 Å². The second-order valence-corrected chi connectivity index (χ2v) is 6.45. The molecule has 0 bridgehead atoms. The summed E-state index contributed by atoms with van der Waals surface area (Å²) in [5.41, 5.74) is 0.509. The van der Waals surface area contributed by atoms with Crippen LogP contribution in [0.5, 0.6) is 5.75 Å². The molecule has 3 aromatic rings. The molecule has 2 aromatic heterocycles. The molecule has 0 fully saturated rings. The van der Waals surface area contributed by atoms with E-state index in [-0.39, 0.29) is 13.2 Å². The van der Waals surface area contributed by atoms with Crippen molar-refractivity contribution in [3.63, 3.8) is 0 Å². The lowest BCUT2D eigenvalue weighted by Gasteiger charge is -2.07. The highest BCUT2D eigenvalue weighted by Gasteiger charge is 2.11. The highest BCUT2D eigenvalue weighted by atomic mass is 79.9. The molecule has 2 heterocycles. The van der Waals surface area contributed by atoms with E-state index in [1.54, 1.807) is 0 Å². The van der Waals surface area contributed by atoms with E-state index in [0.29, 0.717) is 21.8 Å². The van der Waals surface area contributed by atoms with Crippen molar-refractivity contribution in [2.24, 2.45) is 0 Å². The normalized spacial score (nSPS) is 10.6. The summed E-state index contributed by atoms with van der Waals surface area (Å²) in [5.74, 6) is -0.117. The minimum Gasteiger partial charge on any atom is -0.481 e.